The van der Waals surface area contributed by atoms with Crippen LogP contribution < -0.4 is 5.32 Å². The number of carboxylic acids is 1. The van der Waals surface area contributed by atoms with Crippen LogP contribution in [-0.2, 0) is 25.8 Å². The molecule has 2 N–H and O–H groups in total. The van der Waals surface area contributed by atoms with Gasteiger partial charge in [0.05, 0.1) is 5.75 Å². The Morgan fingerprint density at radius 1 is 1.22 bits per heavy atom. The molecule has 0 atom stereocenters. The van der Waals surface area contributed by atoms with Crippen molar-refractivity contribution in [3.8, 4) is 0 Å². The van der Waals surface area contributed by atoms with Crippen LogP contribution >= 0.6 is 0 Å². The number of rotatable bonds is 8. The van der Waals surface area contributed by atoms with E-state index in [0.717, 1.165) is 18.4 Å². The van der Waals surface area contributed by atoms with Crippen LogP contribution in [0.1, 0.15) is 31.2 Å². The smallest absolute Gasteiger partial charge is 0.303 e. The summed E-state index contributed by atoms with van der Waals surface area (Å²) < 4.78 is 22.8. The lowest BCUT2D eigenvalue weighted by Crippen LogP contribution is -2.23. The Hall–Kier alpha value is -1.89. The molecular weight excluding hydrogens is 318 g/mol. The first-order valence-electron chi connectivity index (χ1n) is 7.46. The maximum atomic E-state index is 12.1. The van der Waals surface area contributed by atoms with E-state index in [0.29, 0.717) is 12.1 Å². The molecule has 1 aromatic carbocycles. The van der Waals surface area contributed by atoms with Gasteiger partial charge in [-0.3, -0.25) is 9.59 Å². The molecule has 0 saturated heterocycles. The standard InChI is InChI=1S/C16H21NO5S/c1-23(21,22)11-16(8-9-16)10-14(18)17-13-5-2-12(3-6-13)4-7-15(19)20/h2-3,5-6H,4,7-11H2,1H3,(H,17,18)(H,19,20). The zero-order chi connectivity index (χ0) is 17.1. The number of nitrogens with one attached hydrogen (secondary N) is 1. The number of carbonyl (C=O) groups is 2. The number of anilines is 1. The van der Waals surface area contributed by atoms with Crippen molar-refractivity contribution in [3.05, 3.63) is 29.8 Å². The van der Waals surface area contributed by atoms with Crippen molar-refractivity contribution in [2.45, 2.75) is 32.1 Å². The molecule has 126 valence electrons. The van der Waals surface area contributed by atoms with Gasteiger partial charge >= 0.3 is 5.97 Å². The Balaban J connectivity index is 1.87. The fourth-order valence-corrected chi connectivity index (χ4v) is 4.16. The second kappa shape index (κ2) is 6.70. The number of benzene rings is 1. The summed E-state index contributed by atoms with van der Waals surface area (Å²) in [4.78, 5) is 22.6. The molecule has 0 unspecified atom stereocenters. The van der Waals surface area contributed by atoms with Gasteiger partial charge in [-0.25, -0.2) is 8.42 Å². The quantitative estimate of drug-likeness (QED) is 0.753. The largest absolute Gasteiger partial charge is 0.481 e. The zero-order valence-corrected chi connectivity index (χ0v) is 13.9. The highest BCUT2D eigenvalue weighted by atomic mass is 32.2. The molecule has 1 saturated carbocycles. The monoisotopic (exact) mass is 339 g/mol. The molecule has 0 spiro atoms. The van der Waals surface area contributed by atoms with Gasteiger partial charge in [0.1, 0.15) is 9.84 Å². The van der Waals surface area contributed by atoms with Gasteiger partial charge < -0.3 is 10.4 Å². The summed E-state index contributed by atoms with van der Waals surface area (Å²) in [5, 5.41) is 11.4. The van der Waals surface area contributed by atoms with Crippen LogP contribution in [0.2, 0.25) is 0 Å². The summed E-state index contributed by atoms with van der Waals surface area (Å²) >= 11 is 0. The Morgan fingerprint density at radius 3 is 2.30 bits per heavy atom. The van der Waals surface area contributed by atoms with Crippen LogP contribution in [0.5, 0.6) is 0 Å². The summed E-state index contributed by atoms with van der Waals surface area (Å²) in [6, 6.07) is 7.01. The molecule has 1 aromatic rings. The third-order valence-electron chi connectivity index (χ3n) is 3.93. The van der Waals surface area contributed by atoms with E-state index in [1.54, 1.807) is 24.3 Å². The molecule has 1 aliphatic rings. The van der Waals surface area contributed by atoms with Gasteiger partial charge in [0.15, 0.2) is 0 Å². The Labute approximate surface area is 135 Å². The average molecular weight is 339 g/mol. The molecule has 23 heavy (non-hydrogen) atoms. The summed E-state index contributed by atoms with van der Waals surface area (Å²) in [7, 11) is -3.08. The van der Waals surface area contributed by atoms with Crippen LogP contribution in [0, 0.1) is 5.41 Å². The summed E-state index contributed by atoms with van der Waals surface area (Å²) in [5.41, 5.74) is 1.13. The molecule has 1 aliphatic carbocycles. The molecule has 1 fully saturated rings. The summed E-state index contributed by atoms with van der Waals surface area (Å²) in [5.74, 6) is -0.978. The van der Waals surface area contributed by atoms with Crippen molar-refractivity contribution >= 4 is 27.4 Å². The fraction of sp³-hybridized carbons (Fsp3) is 0.500. The Kier molecular flexibility index (Phi) is 5.09. The number of sulfone groups is 1. The lowest BCUT2D eigenvalue weighted by Gasteiger charge is -2.13. The molecule has 0 heterocycles. The van der Waals surface area contributed by atoms with Crippen LogP contribution in [0.25, 0.3) is 0 Å². The second-order valence-electron chi connectivity index (χ2n) is 6.39. The molecular formula is C16H21NO5S. The van der Waals surface area contributed by atoms with Gasteiger partial charge in [0.2, 0.25) is 5.91 Å². The topological polar surface area (TPSA) is 101 Å². The molecule has 2 rings (SSSR count). The van der Waals surface area contributed by atoms with Crippen LogP contribution in [-0.4, -0.2) is 37.4 Å². The van der Waals surface area contributed by atoms with E-state index in [1.807, 2.05) is 0 Å². The van der Waals surface area contributed by atoms with Crippen molar-refractivity contribution in [3.63, 3.8) is 0 Å². The minimum atomic E-state index is -3.08. The second-order valence-corrected chi connectivity index (χ2v) is 8.53. The summed E-state index contributed by atoms with van der Waals surface area (Å²) in [6.45, 7) is 0. The number of carboxylic acid groups (broad SMARTS) is 1. The molecule has 0 radical (unpaired) electrons. The van der Waals surface area contributed by atoms with Crippen molar-refractivity contribution in [2.75, 3.05) is 17.3 Å². The van der Waals surface area contributed by atoms with Crippen molar-refractivity contribution in [2.24, 2.45) is 5.41 Å². The van der Waals surface area contributed by atoms with Crippen molar-refractivity contribution in [1.29, 1.82) is 0 Å². The molecule has 1 amide bonds. The van der Waals surface area contributed by atoms with Gasteiger partial charge in [-0.1, -0.05) is 12.1 Å². The average Bonchev–Trinajstić information content (AvgIpc) is 3.14. The Bertz CT molecular complexity index is 690. The highest BCUT2D eigenvalue weighted by Crippen LogP contribution is 2.49. The SMILES string of the molecule is CS(=O)(=O)CC1(CC(=O)Nc2ccc(CCC(=O)O)cc2)CC1. The molecule has 0 aliphatic heterocycles. The van der Waals surface area contributed by atoms with Crippen molar-refractivity contribution < 1.29 is 23.1 Å². The van der Waals surface area contributed by atoms with E-state index < -0.39 is 15.8 Å². The Morgan fingerprint density at radius 2 is 1.83 bits per heavy atom. The third-order valence-corrected chi connectivity index (χ3v) is 5.06. The number of aryl methyl sites for hydroxylation is 1. The molecule has 6 nitrogen and oxygen atoms in total. The van der Waals surface area contributed by atoms with Gasteiger partial charge in [-0.2, -0.15) is 0 Å². The first-order valence-corrected chi connectivity index (χ1v) is 9.52. The van der Waals surface area contributed by atoms with Crippen LogP contribution in [0.4, 0.5) is 5.69 Å². The maximum absolute atomic E-state index is 12.1. The van der Waals surface area contributed by atoms with Crippen LogP contribution in [0.15, 0.2) is 24.3 Å². The van der Waals surface area contributed by atoms with E-state index in [9.17, 15) is 18.0 Å². The zero-order valence-electron chi connectivity index (χ0n) is 13.0. The van der Waals surface area contributed by atoms with Gasteiger partial charge in [-0.05, 0) is 42.4 Å². The predicted octanol–water partition coefficient (Wildman–Crippen LogP) is 1.86. The number of amides is 1. The summed E-state index contributed by atoms with van der Waals surface area (Å²) in [6.07, 6.45) is 3.45. The third kappa shape index (κ3) is 6.02. The number of hydrogen-bond donors (Lipinski definition) is 2. The first kappa shape index (κ1) is 17.5. The normalized spacial score (nSPS) is 15.9. The lowest BCUT2D eigenvalue weighted by atomic mass is 10.0. The van der Waals surface area contributed by atoms with Gasteiger partial charge in [0.25, 0.3) is 0 Å². The fourth-order valence-electron chi connectivity index (χ4n) is 2.66. The maximum Gasteiger partial charge on any atom is 0.303 e. The minimum Gasteiger partial charge on any atom is -0.481 e. The lowest BCUT2D eigenvalue weighted by molar-refractivity contribution is -0.137. The molecule has 0 aromatic heterocycles. The van der Waals surface area contributed by atoms with E-state index in [2.05, 4.69) is 5.32 Å². The van der Waals surface area contributed by atoms with Crippen LogP contribution in [0.3, 0.4) is 0 Å². The number of hydrogen-bond acceptors (Lipinski definition) is 4. The number of carbonyl (C=O) groups excluding carboxylic acids is 1. The van der Waals surface area contributed by atoms with E-state index in [4.69, 9.17) is 5.11 Å². The van der Waals surface area contributed by atoms with Crippen molar-refractivity contribution in [1.82, 2.24) is 0 Å². The molecule has 7 heteroatoms. The van der Waals surface area contributed by atoms with Gasteiger partial charge in [0, 0.05) is 24.8 Å². The highest BCUT2D eigenvalue weighted by Gasteiger charge is 2.46. The predicted molar refractivity (Wildman–Crippen MR) is 87.0 cm³/mol. The van der Waals surface area contributed by atoms with E-state index in [1.165, 1.54) is 6.26 Å². The van der Waals surface area contributed by atoms with Gasteiger partial charge in [-0.15, -0.1) is 0 Å². The molecule has 0 bridgehead atoms. The number of aliphatic carboxylic acids is 1. The first-order chi connectivity index (χ1) is 10.7. The highest BCUT2D eigenvalue weighted by molar-refractivity contribution is 7.90. The van der Waals surface area contributed by atoms with E-state index >= 15 is 0 Å². The minimum absolute atomic E-state index is 0.0571. The van der Waals surface area contributed by atoms with E-state index in [-0.39, 0.29) is 29.9 Å².